The Kier molecular flexibility index (Phi) is 4.74. The quantitative estimate of drug-likeness (QED) is 0.686. The van der Waals surface area contributed by atoms with Crippen LogP contribution in [0.4, 0.5) is 0 Å². The van der Waals surface area contributed by atoms with Crippen molar-refractivity contribution in [3.05, 3.63) is 35.4 Å². The first kappa shape index (κ1) is 15.0. The molecular weight excluding hydrogens is 278 g/mol. The normalized spacial score (nSPS) is 18.4. The van der Waals surface area contributed by atoms with Crippen molar-refractivity contribution in [3.63, 3.8) is 0 Å². The molecule has 1 heterocycles. The van der Waals surface area contributed by atoms with Crippen molar-refractivity contribution in [1.29, 1.82) is 0 Å². The predicted octanol–water partition coefficient (Wildman–Crippen LogP) is -0.461. The van der Waals surface area contributed by atoms with Gasteiger partial charge in [0, 0.05) is 13.1 Å². The molecule has 0 saturated carbocycles. The van der Waals surface area contributed by atoms with E-state index in [4.69, 9.17) is 0 Å². The lowest BCUT2D eigenvalue weighted by Gasteiger charge is -2.26. The predicted molar refractivity (Wildman–Crippen MR) is 76.7 cm³/mol. The smallest absolute Gasteiger partial charge is 0.241 e. The molecule has 2 rings (SSSR count). The van der Waals surface area contributed by atoms with Crippen molar-refractivity contribution in [2.45, 2.75) is 12.5 Å². The first-order valence-corrected chi connectivity index (χ1v) is 8.19. The lowest BCUT2D eigenvalue weighted by Crippen LogP contribution is -2.43. The molecule has 1 amide bonds. The Labute approximate surface area is 119 Å². The second kappa shape index (κ2) is 6.34. The molecule has 1 atom stereocenters. The van der Waals surface area contributed by atoms with Crippen LogP contribution in [0.5, 0.6) is 0 Å². The van der Waals surface area contributed by atoms with Crippen molar-refractivity contribution in [2.75, 3.05) is 25.9 Å². The van der Waals surface area contributed by atoms with Crippen LogP contribution in [0.2, 0.25) is 0 Å². The maximum absolute atomic E-state index is 12.1. The van der Waals surface area contributed by atoms with Gasteiger partial charge >= 0.3 is 0 Å². The third-order valence-corrected chi connectivity index (χ3v) is 4.72. The van der Waals surface area contributed by atoms with Crippen LogP contribution in [-0.4, -0.2) is 40.2 Å². The molecule has 7 heteroatoms. The minimum atomic E-state index is -3.29. The topological polar surface area (TPSA) is 87.3 Å². The molecule has 1 aromatic rings. The number of fused-ring (bicyclic) bond motifs is 1. The molecule has 20 heavy (non-hydrogen) atoms. The highest BCUT2D eigenvalue weighted by Crippen LogP contribution is 2.22. The van der Waals surface area contributed by atoms with Crippen LogP contribution in [0.15, 0.2) is 24.3 Å². The average Bonchev–Trinajstić information content (AvgIpc) is 2.46. The van der Waals surface area contributed by atoms with Gasteiger partial charge in [-0.25, -0.2) is 13.1 Å². The summed E-state index contributed by atoms with van der Waals surface area (Å²) in [6.45, 7) is 0.840. The maximum atomic E-state index is 12.1. The summed E-state index contributed by atoms with van der Waals surface area (Å²) in [4.78, 5) is 12.1. The molecule has 1 aliphatic heterocycles. The van der Waals surface area contributed by atoms with Crippen LogP contribution in [0.25, 0.3) is 0 Å². The highest BCUT2D eigenvalue weighted by molar-refractivity contribution is 7.89. The van der Waals surface area contributed by atoms with Crippen LogP contribution in [0.3, 0.4) is 0 Å². The standard InChI is InChI=1S/C13H19N3O3S/c1-14-20(18,19)9-8-16-13(17)12-11-5-3-2-4-10(11)6-7-15-12/h2-5,12,14-15H,6-9H2,1H3,(H,16,17). The van der Waals surface area contributed by atoms with Gasteiger partial charge in [0.25, 0.3) is 0 Å². The van der Waals surface area contributed by atoms with E-state index in [1.807, 2.05) is 24.3 Å². The number of hydrogen-bond donors (Lipinski definition) is 3. The van der Waals surface area contributed by atoms with E-state index in [9.17, 15) is 13.2 Å². The van der Waals surface area contributed by atoms with E-state index in [-0.39, 0.29) is 18.2 Å². The Bertz CT molecular complexity index is 586. The molecule has 0 fully saturated rings. The van der Waals surface area contributed by atoms with Crippen LogP contribution in [0, 0.1) is 0 Å². The molecule has 6 nitrogen and oxygen atoms in total. The lowest BCUT2D eigenvalue weighted by molar-refractivity contribution is -0.123. The fourth-order valence-electron chi connectivity index (χ4n) is 2.25. The van der Waals surface area contributed by atoms with E-state index in [2.05, 4.69) is 15.4 Å². The van der Waals surface area contributed by atoms with Crippen molar-refractivity contribution < 1.29 is 13.2 Å². The highest BCUT2D eigenvalue weighted by atomic mass is 32.2. The van der Waals surface area contributed by atoms with Crippen molar-refractivity contribution in [2.24, 2.45) is 0 Å². The van der Waals surface area contributed by atoms with Crippen LogP contribution < -0.4 is 15.4 Å². The lowest BCUT2D eigenvalue weighted by atomic mass is 9.94. The third kappa shape index (κ3) is 3.56. The van der Waals surface area contributed by atoms with Crippen LogP contribution >= 0.6 is 0 Å². The van der Waals surface area contributed by atoms with Crippen molar-refractivity contribution in [1.82, 2.24) is 15.4 Å². The molecular formula is C13H19N3O3S. The molecule has 0 saturated heterocycles. The SMILES string of the molecule is CNS(=O)(=O)CCNC(=O)C1NCCc2ccccc21. The maximum Gasteiger partial charge on any atom is 0.241 e. The van der Waals surface area contributed by atoms with Crippen molar-refractivity contribution in [3.8, 4) is 0 Å². The second-order valence-corrected chi connectivity index (χ2v) is 6.70. The minimum Gasteiger partial charge on any atom is -0.353 e. The largest absolute Gasteiger partial charge is 0.353 e. The Morgan fingerprint density at radius 2 is 2.15 bits per heavy atom. The third-order valence-electron chi connectivity index (χ3n) is 3.35. The average molecular weight is 297 g/mol. The molecule has 0 aliphatic carbocycles. The Morgan fingerprint density at radius 3 is 2.90 bits per heavy atom. The van der Waals surface area contributed by atoms with Crippen molar-refractivity contribution >= 4 is 15.9 Å². The Balaban J connectivity index is 1.97. The highest BCUT2D eigenvalue weighted by Gasteiger charge is 2.25. The minimum absolute atomic E-state index is 0.0996. The summed E-state index contributed by atoms with van der Waals surface area (Å²) >= 11 is 0. The number of hydrogen-bond acceptors (Lipinski definition) is 4. The first-order chi connectivity index (χ1) is 9.53. The molecule has 1 unspecified atom stereocenters. The molecule has 0 spiro atoms. The van der Waals surface area contributed by atoms with E-state index >= 15 is 0 Å². The zero-order chi connectivity index (χ0) is 14.6. The number of benzene rings is 1. The second-order valence-electron chi connectivity index (χ2n) is 4.65. The Morgan fingerprint density at radius 1 is 1.40 bits per heavy atom. The number of nitrogens with one attached hydrogen (secondary N) is 3. The molecule has 0 bridgehead atoms. The van der Waals surface area contributed by atoms with Gasteiger partial charge in [-0.1, -0.05) is 24.3 Å². The van der Waals surface area contributed by atoms with E-state index < -0.39 is 16.1 Å². The fraction of sp³-hybridized carbons (Fsp3) is 0.462. The van der Waals surface area contributed by atoms with Gasteiger partial charge in [-0.2, -0.15) is 0 Å². The summed E-state index contributed by atoms with van der Waals surface area (Å²) in [5, 5.41) is 5.82. The zero-order valence-corrected chi connectivity index (χ0v) is 12.2. The number of rotatable bonds is 5. The summed E-state index contributed by atoms with van der Waals surface area (Å²) in [5.74, 6) is -0.313. The summed E-state index contributed by atoms with van der Waals surface area (Å²) in [7, 11) is -1.93. The van der Waals surface area contributed by atoms with Gasteiger partial charge in [0.15, 0.2) is 0 Å². The van der Waals surface area contributed by atoms with Gasteiger partial charge < -0.3 is 10.6 Å². The summed E-state index contributed by atoms with van der Waals surface area (Å²) in [6, 6.07) is 7.39. The van der Waals surface area contributed by atoms with Gasteiger partial charge in [-0.3, -0.25) is 4.79 Å². The van der Waals surface area contributed by atoms with E-state index in [1.165, 1.54) is 7.05 Å². The van der Waals surface area contributed by atoms with Crippen LogP contribution in [0.1, 0.15) is 17.2 Å². The van der Waals surface area contributed by atoms with E-state index in [0.29, 0.717) is 0 Å². The number of amides is 1. The number of carbonyl (C=O) groups is 1. The monoisotopic (exact) mass is 297 g/mol. The van der Waals surface area contributed by atoms with Gasteiger partial charge in [0.05, 0.1) is 5.75 Å². The van der Waals surface area contributed by atoms with E-state index in [0.717, 1.165) is 24.1 Å². The molecule has 0 radical (unpaired) electrons. The molecule has 1 aromatic carbocycles. The summed E-state index contributed by atoms with van der Waals surface area (Å²) < 4.78 is 24.8. The fourth-order valence-corrected chi connectivity index (χ4v) is 2.83. The van der Waals surface area contributed by atoms with Gasteiger partial charge in [-0.15, -0.1) is 0 Å². The summed E-state index contributed by atoms with van der Waals surface area (Å²) in [6.07, 6.45) is 0.897. The number of sulfonamides is 1. The Hall–Kier alpha value is -1.44. The van der Waals surface area contributed by atoms with Gasteiger partial charge in [0.2, 0.25) is 15.9 Å². The molecule has 0 aromatic heterocycles. The molecule has 3 N–H and O–H groups in total. The van der Waals surface area contributed by atoms with Crippen LogP contribution in [-0.2, 0) is 21.2 Å². The first-order valence-electron chi connectivity index (χ1n) is 6.53. The van der Waals surface area contributed by atoms with Gasteiger partial charge in [-0.05, 0) is 24.6 Å². The number of carbonyl (C=O) groups excluding carboxylic acids is 1. The molecule has 110 valence electrons. The molecule has 1 aliphatic rings. The zero-order valence-electron chi connectivity index (χ0n) is 11.3. The van der Waals surface area contributed by atoms with Gasteiger partial charge in [0.1, 0.15) is 6.04 Å². The van der Waals surface area contributed by atoms with E-state index in [1.54, 1.807) is 0 Å². The summed E-state index contributed by atoms with van der Waals surface area (Å²) in [5.41, 5.74) is 2.13.